The summed E-state index contributed by atoms with van der Waals surface area (Å²) in [6, 6.07) is 7.55. The van der Waals surface area contributed by atoms with Crippen molar-refractivity contribution in [3.63, 3.8) is 0 Å². The van der Waals surface area contributed by atoms with E-state index in [-0.39, 0.29) is 31.1 Å². The molecular formula is C15H19ClN2O4. The summed E-state index contributed by atoms with van der Waals surface area (Å²) in [4.78, 5) is 24.2. The van der Waals surface area contributed by atoms with Gasteiger partial charge in [-0.3, -0.25) is 14.5 Å². The van der Waals surface area contributed by atoms with E-state index in [2.05, 4.69) is 5.32 Å². The van der Waals surface area contributed by atoms with Gasteiger partial charge in [0.15, 0.2) is 0 Å². The number of morpholine rings is 1. The maximum atomic E-state index is 11.8. The summed E-state index contributed by atoms with van der Waals surface area (Å²) in [6.07, 6.45) is -0.197. The number of nitrogens with zero attached hydrogens (tertiary/aromatic N) is 1. The predicted molar refractivity (Wildman–Crippen MR) is 81.8 cm³/mol. The molecule has 2 N–H and O–H groups in total. The largest absolute Gasteiger partial charge is 0.480 e. The number of hydrogen-bond acceptors (Lipinski definition) is 4. The van der Waals surface area contributed by atoms with E-state index in [1.54, 1.807) is 0 Å². The molecule has 1 aliphatic rings. The van der Waals surface area contributed by atoms with Crippen LogP contribution in [0.1, 0.15) is 18.6 Å². The molecule has 1 amide bonds. The molecule has 120 valence electrons. The van der Waals surface area contributed by atoms with Gasteiger partial charge in [0.25, 0.3) is 0 Å². The maximum Gasteiger partial charge on any atom is 0.322 e. The molecule has 2 rings (SSSR count). The van der Waals surface area contributed by atoms with E-state index >= 15 is 0 Å². The Hall–Kier alpha value is -1.63. The molecule has 1 fully saturated rings. The van der Waals surface area contributed by atoms with Crippen LogP contribution in [0.4, 0.5) is 0 Å². The molecule has 1 saturated heterocycles. The van der Waals surface area contributed by atoms with Crippen LogP contribution in [0.15, 0.2) is 24.3 Å². The quantitative estimate of drug-likeness (QED) is 0.852. The Labute approximate surface area is 134 Å². The van der Waals surface area contributed by atoms with Gasteiger partial charge in [-0.2, -0.15) is 0 Å². The fourth-order valence-electron chi connectivity index (χ4n) is 2.37. The third kappa shape index (κ3) is 4.43. The summed E-state index contributed by atoms with van der Waals surface area (Å²) in [5.41, 5.74) is 0.895. The van der Waals surface area contributed by atoms with E-state index in [9.17, 15) is 9.59 Å². The Morgan fingerprint density at radius 3 is 2.86 bits per heavy atom. The van der Waals surface area contributed by atoms with Crippen molar-refractivity contribution in [3.05, 3.63) is 34.9 Å². The molecule has 1 heterocycles. The van der Waals surface area contributed by atoms with Crippen molar-refractivity contribution >= 4 is 23.5 Å². The number of halogens is 1. The lowest BCUT2D eigenvalue weighted by atomic mass is 10.1. The number of aliphatic carboxylic acids is 1. The first-order valence-corrected chi connectivity index (χ1v) is 7.43. The Balaban J connectivity index is 1.98. The third-order valence-electron chi connectivity index (χ3n) is 3.60. The maximum absolute atomic E-state index is 11.8. The normalized spacial score (nSPS) is 22.3. The fraction of sp³-hybridized carbons (Fsp3) is 0.467. The van der Waals surface area contributed by atoms with Crippen LogP contribution in [-0.4, -0.2) is 54.2 Å². The van der Waals surface area contributed by atoms with Gasteiger partial charge >= 0.3 is 5.97 Å². The van der Waals surface area contributed by atoms with Crippen molar-refractivity contribution in [1.29, 1.82) is 0 Å². The number of carbonyl (C=O) groups is 2. The minimum atomic E-state index is -1.06. The van der Waals surface area contributed by atoms with Gasteiger partial charge in [-0.05, 0) is 13.0 Å². The third-order valence-corrected chi connectivity index (χ3v) is 3.94. The lowest BCUT2D eigenvalue weighted by Crippen LogP contribution is -2.49. The highest BCUT2D eigenvalue weighted by Gasteiger charge is 2.29. The lowest BCUT2D eigenvalue weighted by Gasteiger charge is -2.37. The Morgan fingerprint density at radius 2 is 2.18 bits per heavy atom. The van der Waals surface area contributed by atoms with E-state index in [0.29, 0.717) is 18.2 Å². The summed E-state index contributed by atoms with van der Waals surface area (Å²) in [5.74, 6) is -1.37. The smallest absolute Gasteiger partial charge is 0.322 e. The highest BCUT2D eigenvalue weighted by atomic mass is 35.5. The van der Waals surface area contributed by atoms with Crippen molar-refractivity contribution in [2.45, 2.75) is 19.1 Å². The molecule has 0 aliphatic carbocycles. The van der Waals surface area contributed by atoms with Gasteiger partial charge in [0.2, 0.25) is 5.91 Å². The molecule has 0 saturated carbocycles. The first-order valence-electron chi connectivity index (χ1n) is 7.06. The van der Waals surface area contributed by atoms with Gasteiger partial charge < -0.3 is 15.2 Å². The monoisotopic (exact) mass is 326 g/mol. The molecule has 2 atom stereocenters. The van der Waals surface area contributed by atoms with Crippen LogP contribution in [0.2, 0.25) is 5.02 Å². The molecule has 0 unspecified atom stereocenters. The Morgan fingerprint density at radius 1 is 1.45 bits per heavy atom. The molecular weight excluding hydrogens is 308 g/mol. The average molecular weight is 327 g/mol. The van der Waals surface area contributed by atoms with Crippen molar-refractivity contribution in [2.75, 3.05) is 26.2 Å². The number of ether oxygens (including phenoxy) is 1. The summed E-state index contributed by atoms with van der Waals surface area (Å²) in [5, 5.41) is 11.6. The number of rotatable bonds is 5. The van der Waals surface area contributed by atoms with Gasteiger partial charge in [0.1, 0.15) is 6.54 Å². The molecule has 0 bridgehead atoms. The first-order chi connectivity index (χ1) is 10.5. The average Bonchev–Trinajstić information content (AvgIpc) is 2.48. The topological polar surface area (TPSA) is 78.9 Å². The second kappa shape index (κ2) is 7.58. The van der Waals surface area contributed by atoms with Crippen molar-refractivity contribution in [1.82, 2.24) is 10.2 Å². The van der Waals surface area contributed by atoms with Gasteiger partial charge in [0, 0.05) is 23.2 Å². The van der Waals surface area contributed by atoms with E-state index in [4.69, 9.17) is 21.4 Å². The molecule has 1 aromatic carbocycles. The zero-order chi connectivity index (χ0) is 16.1. The highest BCUT2D eigenvalue weighted by molar-refractivity contribution is 6.31. The number of amides is 1. The fourth-order valence-corrected chi connectivity index (χ4v) is 2.62. The first kappa shape index (κ1) is 16.7. The van der Waals surface area contributed by atoms with Crippen molar-refractivity contribution in [3.8, 4) is 0 Å². The number of nitrogens with one attached hydrogen (secondary N) is 1. The summed E-state index contributed by atoms with van der Waals surface area (Å²) in [7, 11) is 0. The SMILES string of the molecule is C[C@@H]1CO[C@H](c2ccccc2Cl)CN1CC(=O)NCC(=O)O. The van der Waals surface area contributed by atoms with Crippen LogP contribution in [0.25, 0.3) is 0 Å². The van der Waals surface area contributed by atoms with Crippen LogP contribution in [0.3, 0.4) is 0 Å². The van der Waals surface area contributed by atoms with Crippen LogP contribution in [0, 0.1) is 0 Å². The second-order valence-corrected chi connectivity index (χ2v) is 5.70. The van der Waals surface area contributed by atoms with Crippen LogP contribution in [0.5, 0.6) is 0 Å². The lowest BCUT2D eigenvalue weighted by molar-refractivity contribution is -0.138. The van der Waals surface area contributed by atoms with Crippen molar-refractivity contribution in [2.24, 2.45) is 0 Å². The molecule has 7 heteroatoms. The van der Waals surface area contributed by atoms with E-state index in [0.717, 1.165) is 5.56 Å². The summed E-state index contributed by atoms with van der Waals surface area (Å²) >= 11 is 6.19. The molecule has 0 spiro atoms. The molecule has 1 aromatic rings. The number of carbonyl (C=O) groups excluding carboxylic acids is 1. The minimum absolute atomic E-state index is 0.0781. The number of carboxylic acids is 1. The number of hydrogen-bond donors (Lipinski definition) is 2. The highest BCUT2D eigenvalue weighted by Crippen LogP contribution is 2.29. The van der Waals surface area contributed by atoms with Crippen LogP contribution < -0.4 is 5.32 Å². The Kier molecular flexibility index (Phi) is 5.76. The molecule has 1 aliphatic heterocycles. The van der Waals surface area contributed by atoms with Crippen LogP contribution >= 0.6 is 11.6 Å². The van der Waals surface area contributed by atoms with Gasteiger partial charge in [-0.15, -0.1) is 0 Å². The van der Waals surface area contributed by atoms with Crippen LogP contribution in [-0.2, 0) is 14.3 Å². The zero-order valence-electron chi connectivity index (χ0n) is 12.3. The molecule has 0 aromatic heterocycles. The van der Waals surface area contributed by atoms with Gasteiger partial charge in [-0.1, -0.05) is 29.8 Å². The van der Waals surface area contributed by atoms with Crippen molar-refractivity contribution < 1.29 is 19.4 Å². The minimum Gasteiger partial charge on any atom is -0.480 e. The standard InChI is InChI=1S/C15H19ClN2O4/c1-10-9-22-13(11-4-2-3-5-12(11)16)7-18(10)8-14(19)17-6-15(20)21/h2-5,10,13H,6-9H2,1H3,(H,17,19)(H,20,21)/t10-,13+/m1/s1. The predicted octanol–water partition coefficient (Wildman–Crippen LogP) is 1.30. The van der Waals surface area contributed by atoms with Gasteiger partial charge in [-0.25, -0.2) is 0 Å². The number of carboxylic acid groups (broad SMARTS) is 1. The number of benzene rings is 1. The van der Waals surface area contributed by atoms with E-state index in [1.807, 2.05) is 36.1 Å². The van der Waals surface area contributed by atoms with E-state index in [1.165, 1.54) is 0 Å². The summed E-state index contributed by atoms with van der Waals surface area (Å²) in [6.45, 7) is 2.76. The molecule has 6 nitrogen and oxygen atoms in total. The van der Waals surface area contributed by atoms with E-state index < -0.39 is 5.97 Å². The molecule has 22 heavy (non-hydrogen) atoms. The zero-order valence-corrected chi connectivity index (χ0v) is 13.0. The Bertz CT molecular complexity index is 552. The van der Waals surface area contributed by atoms with Gasteiger partial charge in [0.05, 0.1) is 19.3 Å². The summed E-state index contributed by atoms with van der Waals surface area (Å²) < 4.78 is 5.82. The second-order valence-electron chi connectivity index (χ2n) is 5.29. The molecule has 0 radical (unpaired) electrons.